The van der Waals surface area contributed by atoms with E-state index in [1.165, 1.54) is 6.26 Å². The lowest BCUT2D eigenvalue weighted by molar-refractivity contribution is 0.199. The fourth-order valence-electron chi connectivity index (χ4n) is 2.36. The molecule has 0 heterocycles. The number of nitrogens with one attached hydrogen (secondary N) is 1. The van der Waals surface area contributed by atoms with Gasteiger partial charge in [-0.2, -0.15) is 0 Å². The molecule has 2 N–H and O–H groups in total. The average Bonchev–Trinajstić information content (AvgIpc) is 2.60. The smallest absolute Gasteiger partial charge is 0.151 e. The van der Waals surface area contributed by atoms with Crippen LogP contribution in [0.25, 0.3) is 0 Å². The SMILES string of the molecule is CC(C)[C@@H](CO)NC1CCCC1S(C)(=O)=O. The number of hydrogen-bond acceptors (Lipinski definition) is 4. The van der Waals surface area contributed by atoms with E-state index in [1.54, 1.807) is 0 Å². The van der Waals surface area contributed by atoms with Gasteiger partial charge in [-0.15, -0.1) is 0 Å². The molecule has 96 valence electrons. The van der Waals surface area contributed by atoms with Gasteiger partial charge in [-0.3, -0.25) is 0 Å². The lowest BCUT2D eigenvalue weighted by Gasteiger charge is -2.27. The molecule has 0 saturated heterocycles. The Balaban J connectivity index is 2.66. The predicted molar refractivity (Wildman–Crippen MR) is 65.1 cm³/mol. The molecule has 1 rings (SSSR count). The minimum atomic E-state index is -2.98. The average molecular weight is 249 g/mol. The number of rotatable bonds is 5. The van der Waals surface area contributed by atoms with Gasteiger partial charge in [0.25, 0.3) is 0 Å². The highest BCUT2D eigenvalue weighted by atomic mass is 32.2. The molecule has 0 aromatic rings. The number of hydrogen-bond donors (Lipinski definition) is 2. The van der Waals surface area contributed by atoms with Crippen molar-refractivity contribution in [1.29, 1.82) is 0 Å². The molecule has 4 nitrogen and oxygen atoms in total. The quantitative estimate of drug-likeness (QED) is 0.747. The van der Waals surface area contributed by atoms with Crippen LogP contribution < -0.4 is 5.32 Å². The minimum Gasteiger partial charge on any atom is -0.395 e. The van der Waals surface area contributed by atoms with Crippen molar-refractivity contribution in [2.24, 2.45) is 5.92 Å². The van der Waals surface area contributed by atoms with Crippen LogP contribution in [-0.2, 0) is 9.84 Å². The van der Waals surface area contributed by atoms with Gasteiger partial charge in [0.05, 0.1) is 11.9 Å². The van der Waals surface area contributed by atoms with E-state index in [0.29, 0.717) is 5.92 Å². The number of sulfone groups is 1. The predicted octanol–water partition coefficient (Wildman–Crippen LogP) is 0.559. The first-order chi connectivity index (χ1) is 7.36. The molecule has 0 spiro atoms. The third kappa shape index (κ3) is 3.43. The fraction of sp³-hybridized carbons (Fsp3) is 1.00. The molecule has 0 amide bonds. The molecule has 0 bridgehead atoms. The molecule has 0 radical (unpaired) electrons. The van der Waals surface area contributed by atoms with Gasteiger partial charge in [-0.1, -0.05) is 20.3 Å². The lowest BCUT2D eigenvalue weighted by atomic mass is 10.0. The minimum absolute atomic E-state index is 0.00708. The van der Waals surface area contributed by atoms with E-state index in [0.717, 1.165) is 19.3 Å². The van der Waals surface area contributed by atoms with Crippen molar-refractivity contribution >= 4 is 9.84 Å². The molecular formula is C11H23NO3S. The highest BCUT2D eigenvalue weighted by Gasteiger charge is 2.35. The molecule has 0 aliphatic heterocycles. The van der Waals surface area contributed by atoms with Crippen molar-refractivity contribution in [2.45, 2.75) is 50.4 Å². The van der Waals surface area contributed by atoms with Crippen molar-refractivity contribution in [3.63, 3.8) is 0 Å². The van der Waals surface area contributed by atoms with Crippen LogP contribution in [-0.4, -0.2) is 43.7 Å². The summed E-state index contributed by atoms with van der Waals surface area (Å²) in [6.07, 6.45) is 3.89. The van der Waals surface area contributed by atoms with E-state index >= 15 is 0 Å². The van der Waals surface area contributed by atoms with Crippen LogP contribution in [0.2, 0.25) is 0 Å². The first-order valence-corrected chi connectivity index (χ1v) is 7.87. The summed E-state index contributed by atoms with van der Waals surface area (Å²) in [6.45, 7) is 4.11. The van der Waals surface area contributed by atoms with E-state index in [4.69, 9.17) is 0 Å². The fourth-order valence-corrected chi connectivity index (χ4v) is 3.77. The molecule has 1 fully saturated rings. The second-order valence-electron chi connectivity index (χ2n) is 5.11. The summed E-state index contributed by atoms with van der Waals surface area (Å²) in [5, 5.41) is 12.2. The summed E-state index contributed by atoms with van der Waals surface area (Å²) in [5.41, 5.74) is 0. The van der Waals surface area contributed by atoms with E-state index in [9.17, 15) is 13.5 Å². The Morgan fingerprint density at radius 3 is 2.44 bits per heavy atom. The maximum Gasteiger partial charge on any atom is 0.151 e. The molecular weight excluding hydrogens is 226 g/mol. The van der Waals surface area contributed by atoms with Crippen LogP contribution in [0.15, 0.2) is 0 Å². The summed E-state index contributed by atoms with van der Waals surface area (Å²) in [6, 6.07) is 0.00176. The molecule has 1 aliphatic rings. The van der Waals surface area contributed by atoms with Crippen LogP contribution in [0, 0.1) is 5.92 Å². The van der Waals surface area contributed by atoms with E-state index in [2.05, 4.69) is 5.32 Å². The van der Waals surface area contributed by atoms with Crippen LogP contribution >= 0.6 is 0 Å². The standard InChI is InChI=1S/C11H23NO3S/c1-8(2)10(7-13)12-9-5-4-6-11(9)16(3,14)15/h8-13H,4-7H2,1-3H3/t9?,10-,11?/m1/s1. The number of aliphatic hydroxyl groups excluding tert-OH is 1. The maximum atomic E-state index is 11.6. The topological polar surface area (TPSA) is 66.4 Å². The molecule has 2 unspecified atom stereocenters. The molecule has 16 heavy (non-hydrogen) atoms. The zero-order chi connectivity index (χ0) is 12.3. The molecule has 0 aromatic heterocycles. The van der Waals surface area contributed by atoms with Gasteiger partial charge in [0, 0.05) is 18.3 Å². The molecule has 3 atom stereocenters. The molecule has 1 aliphatic carbocycles. The highest BCUT2D eigenvalue weighted by Crippen LogP contribution is 2.25. The summed E-state index contributed by atoms with van der Waals surface area (Å²) in [5.74, 6) is 0.311. The van der Waals surface area contributed by atoms with Crippen molar-refractivity contribution in [2.75, 3.05) is 12.9 Å². The van der Waals surface area contributed by atoms with E-state index in [1.807, 2.05) is 13.8 Å². The Kier molecular flexibility index (Phi) is 4.76. The van der Waals surface area contributed by atoms with Crippen molar-refractivity contribution in [3.8, 4) is 0 Å². The van der Waals surface area contributed by atoms with Gasteiger partial charge in [0.1, 0.15) is 0 Å². The Bertz CT molecular complexity index is 313. The van der Waals surface area contributed by atoms with Gasteiger partial charge in [-0.05, 0) is 18.8 Å². The van der Waals surface area contributed by atoms with Crippen LogP contribution in [0.3, 0.4) is 0 Å². The Labute approximate surface area is 98.4 Å². The first-order valence-electron chi connectivity index (χ1n) is 5.92. The third-order valence-electron chi connectivity index (χ3n) is 3.43. The lowest BCUT2D eigenvalue weighted by Crippen LogP contribution is -2.48. The molecule has 1 saturated carbocycles. The van der Waals surface area contributed by atoms with Crippen LogP contribution in [0.4, 0.5) is 0 Å². The van der Waals surface area contributed by atoms with E-state index < -0.39 is 9.84 Å². The largest absolute Gasteiger partial charge is 0.395 e. The van der Waals surface area contributed by atoms with Crippen molar-refractivity contribution < 1.29 is 13.5 Å². The molecule has 5 heteroatoms. The monoisotopic (exact) mass is 249 g/mol. The van der Waals surface area contributed by atoms with Gasteiger partial charge < -0.3 is 10.4 Å². The summed E-state index contributed by atoms with van der Waals surface area (Å²) < 4.78 is 23.2. The summed E-state index contributed by atoms with van der Waals surface area (Å²) in [7, 11) is -2.98. The first kappa shape index (κ1) is 13.9. The Morgan fingerprint density at radius 2 is 2.00 bits per heavy atom. The van der Waals surface area contributed by atoms with Gasteiger partial charge >= 0.3 is 0 Å². The van der Waals surface area contributed by atoms with E-state index in [-0.39, 0.29) is 23.9 Å². The zero-order valence-electron chi connectivity index (χ0n) is 10.3. The van der Waals surface area contributed by atoms with Crippen molar-refractivity contribution in [1.82, 2.24) is 5.32 Å². The van der Waals surface area contributed by atoms with Gasteiger partial charge in [-0.25, -0.2) is 8.42 Å². The number of aliphatic hydroxyl groups is 1. The van der Waals surface area contributed by atoms with Crippen molar-refractivity contribution in [3.05, 3.63) is 0 Å². The van der Waals surface area contributed by atoms with Gasteiger partial charge in [0.15, 0.2) is 9.84 Å². The molecule has 0 aromatic carbocycles. The highest BCUT2D eigenvalue weighted by molar-refractivity contribution is 7.91. The third-order valence-corrected chi connectivity index (χ3v) is 5.10. The Morgan fingerprint density at radius 1 is 1.38 bits per heavy atom. The second-order valence-corrected chi connectivity index (χ2v) is 7.37. The van der Waals surface area contributed by atoms with Crippen LogP contribution in [0.1, 0.15) is 33.1 Å². The second kappa shape index (κ2) is 5.47. The maximum absolute atomic E-state index is 11.6. The summed E-state index contributed by atoms with van der Waals surface area (Å²) in [4.78, 5) is 0. The van der Waals surface area contributed by atoms with Gasteiger partial charge in [0.2, 0.25) is 0 Å². The summed E-state index contributed by atoms with van der Waals surface area (Å²) >= 11 is 0. The van der Waals surface area contributed by atoms with Crippen LogP contribution in [0.5, 0.6) is 0 Å². The normalized spacial score (nSPS) is 28.6. The Hall–Kier alpha value is -0.130. The zero-order valence-corrected chi connectivity index (χ0v) is 11.1.